The third-order valence-electron chi connectivity index (χ3n) is 1.21. The summed E-state index contributed by atoms with van der Waals surface area (Å²) in [5.74, 6) is 0. The van der Waals surface area contributed by atoms with E-state index in [-0.39, 0.29) is 0 Å². The van der Waals surface area contributed by atoms with Crippen LogP contribution in [0.25, 0.3) is 0 Å². The van der Waals surface area contributed by atoms with Crippen LogP contribution in [-0.2, 0) is 7.05 Å². The van der Waals surface area contributed by atoms with Crippen LogP contribution in [0, 0.1) is 0 Å². The van der Waals surface area contributed by atoms with Crippen LogP contribution in [0.3, 0.4) is 0 Å². The van der Waals surface area contributed by atoms with E-state index in [0.29, 0.717) is 0 Å². The summed E-state index contributed by atoms with van der Waals surface area (Å²) in [6.45, 7) is 0. The van der Waals surface area contributed by atoms with Crippen molar-refractivity contribution in [1.29, 1.82) is 0 Å². The van der Waals surface area contributed by atoms with Gasteiger partial charge in [0.2, 0.25) is 0 Å². The second-order valence-corrected chi connectivity index (χ2v) is 2.94. The van der Waals surface area contributed by atoms with Crippen molar-refractivity contribution >= 4 is 34.1 Å². The van der Waals surface area contributed by atoms with Gasteiger partial charge in [-0.3, -0.25) is 0 Å². The van der Waals surface area contributed by atoms with Crippen LogP contribution in [0.4, 0.5) is 0 Å². The molecule has 0 aliphatic heterocycles. The van der Waals surface area contributed by atoms with Gasteiger partial charge in [-0.05, 0) is 12.1 Å². The number of nitrogens with zero attached hydrogens (tertiary/aromatic N) is 1. The average Bonchev–Trinajstić information content (AvgIpc) is 2.13. The Labute approximate surface area is 64.5 Å². The van der Waals surface area contributed by atoms with Crippen LogP contribution in [0.1, 0.15) is 0 Å². The summed E-state index contributed by atoms with van der Waals surface area (Å²) in [7, 11) is 1.91. The Morgan fingerprint density at radius 1 is 1.56 bits per heavy atom. The lowest BCUT2D eigenvalue weighted by Gasteiger charge is -1.97. The summed E-state index contributed by atoms with van der Waals surface area (Å²) < 4.78 is 1.89. The van der Waals surface area contributed by atoms with Crippen molar-refractivity contribution in [2.75, 3.05) is 0 Å². The van der Waals surface area contributed by atoms with Crippen molar-refractivity contribution in [2.24, 2.45) is 7.05 Å². The van der Waals surface area contributed by atoms with Crippen molar-refractivity contribution in [3.05, 3.63) is 18.3 Å². The molecule has 0 bridgehead atoms. The minimum atomic E-state index is -0.412. The maximum Gasteiger partial charge on any atom is 0.398 e. The maximum atomic E-state index is 5.59. The zero-order valence-corrected chi connectivity index (χ0v) is 6.52. The molecule has 0 fully saturated rings. The van der Waals surface area contributed by atoms with Gasteiger partial charge in [-0.15, -0.1) is 0 Å². The molecule has 0 saturated carbocycles. The minimum absolute atomic E-state index is 0.412. The first kappa shape index (κ1) is 7.04. The van der Waals surface area contributed by atoms with Crippen LogP contribution >= 0.6 is 22.9 Å². The molecule has 0 saturated heterocycles. The third-order valence-corrected chi connectivity index (χ3v) is 1.65. The van der Waals surface area contributed by atoms with Crippen LogP contribution in [0.2, 0.25) is 0 Å². The van der Waals surface area contributed by atoms with Gasteiger partial charge >= 0.3 is 5.54 Å². The molecular formula is C5H6BCl2N. The second kappa shape index (κ2) is 2.67. The molecule has 1 aromatic heterocycles. The summed E-state index contributed by atoms with van der Waals surface area (Å²) in [6.07, 6.45) is 1.91. The molecule has 0 atom stereocenters. The van der Waals surface area contributed by atoms with Gasteiger partial charge in [-0.2, -0.15) is 22.9 Å². The van der Waals surface area contributed by atoms with Gasteiger partial charge in [-0.25, -0.2) is 0 Å². The van der Waals surface area contributed by atoms with Gasteiger partial charge in [-0.1, -0.05) is 0 Å². The van der Waals surface area contributed by atoms with Crippen molar-refractivity contribution < 1.29 is 0 Å². The Balaban J connectivity index is 2.94. The summed E-state index contributed by atoms with van der Waals surface area (Å²) in [6, 6.07) is 3.80. The van der Waals surface area contributed by atoms with Crippen LogP contribution in [0.5, 0.6) is 0 Å². The zero-order chi connectivity index (χ0) is 6.85. The highest BCUT2D eigenvalue weighted by molar-refractivity contribution is 7.39. The smallest absolute Gasteiger partial charge is 0.360 e. The van der Waals surface area contributed by atoms with Gasteiger partial charge in [0, 0.05) is 18.8 Å². The fraction of sp³-hybridized carbons (Fsp3) is 0.200. The summed E-state index contributed by atoms with van der Waals surface area (Å²) in [4.78, 5) is 0. The molecule has 1 rings (SSSR count). The van der Waals surface area contributed by atoms with Gasteiger partial charge in [0.1, 0.15) is 0 Å². The molecule has 0 spiro atoms. The van der Waals surface area contributed by atoms with E-state index in [1.54, 1.807) is 0 Å². The minimum Gasteiger partial charge on any atom is -0.360 e. The SMILES string of the molecule is Cn1cccc1B(Cl)Cl. The molecule has 1 aromatic rings. The largest absolute Gasteiger partial charge is 0.398 e. The van der Waals surface area contributed by atoms with Crippen molar-refractivity contribution in [2.45, 2.75) is 0 Å². The Morgan fingerprint density at radius 2 is 2.22 bits per heavy atom. The van der Waals surface area contributed by atoms with E-state index in [1.807, 2.05) is 29.9 Å². The topological polar surface area (TPSA) is 4.93 Å². The Kier molecular flexibility index (Phi) is 2.09. The average molecular weight is 162 g/mol. The van der Waals surface area contributed by atoms with Crippen LogP contribution < -0.4 is 5.59 Å². The molecule has 0 aliphatic carbocycles. The summed E-state index contributed by atoms with van der Waals surface area (Å²) in [5, 5.41) is 0. The lowest BCUT2D eigenvalue weighted by Crippen LogP contribution is -2.24. The van der Waals surface area contributed by atoms with E-state index in [9.17, 15) is 0 Å². The number of aryl methyl sites for hydroxylation is 1. The summed E-state index contributed by atoms with van der Waals surface area (Å²) >= 11 is 11.2. The van der Waals surface area contributed by atoms with Crippen LogP contribution in [-0.4, -0.2) is 10.1 Å². The molecule has 48 valence electrons. The van der Waals surface area contributed by atoms with Crippen molar-refractivity contribution in [3.63, 3.8) is 0 Å². The Morgan fingerprint density at radius 3 is 2.44 bits per heavy atom. The van der Waals surface area contributed by atoms with E-state index in [1.165, 1.54) is 0 Å². The van der Waals surface area contributed by atoms with Gasteiger partial charge in [0.05, 0.1) is 0 Å². The molecule has 0 unspecified atom stereocenters. The van der Waals surface area contributed by atoms with Crippen molar-refractivity contribution in [3.8, 4) is 0 Å². The first-order valence-corrected chi connectivity index (χ1v) is 3.48. The zero-order valence-electron chi connectivity index (χ0n) is 5.01. The van der Waals surface area contributed by atoms with E-state index in [4.69, 9.17) is 22.9 Å². The Hall–Kier alpha value is -0.0751. The predicted octanol–water partition coefficient (Wildman–Crippen LogP) is 1.20. The third kappa shape index (κ3) is 1.43. The molecule has 1 heterocycles. The summed E-state index contributed by atoms with van der Waals surface area (Å²) in [5.41, 5.74) is 0.517. The molecule has 0 amide bonds. The predicted molar refractivity (Wildman–Crippen MR) is 42.5 cm³/mol. The fourth-order valence-electron chi connectivity index (χ4n) is 0.701. The second-order valence-electron chi connectivity index (χ2n) is 1.84. The fourth-order valence-corrected chi connectivity index (χ4v) is 1.15. The molecule has 0 aromatic carbocycles. The highest BCUT2D eigenvalue weighted by atomic mass is 35.5. The monoisotopic (exact) mass is 161 g/mol. The molecule has 0 radical (unpaired) electrons. The van der Waals surface area contributed by atoms with E-state index in [0.717, 1.165) is 5.59 Å². The normalized spacial score (nSPS) is 9.67. The number of hydrogen-bond acceptors (Lipinski definition) is 0. The molecule has 1 nitrogen and oxygen atoms in total. The highest BCUT2D eigenvalue weighted by Crippen LogP contribution is 1.96. The molecule has 9 heavy (non-hydrogen) atoms. The number of hydrogen-bond donors (Lipinski definition) is 0. The lowest BCUT2D eigenvalue weighted by atomic mass is 10.0. The van der Waals surface area contributed by atoms with Gasteiger partial charge in [0.15, 0.2) is 0 Å². The lowest BCUT2D eigenvalue weighted by molar-refractivity contribution is 0.958. The number of halogens is 2. The van der Waals surface area contributed by atoms with Gasteiger partial charge < -0.3 is 4.57 Å². The number of aromatic nitrogens is 1. The molecule has 0 aliphatic rings. The maximum absolute atomic E-state index is 5.59. The van der Waals surface area contributed by atoms with Crippen LogP contribution in [0.15, 0.2) is 18.3 Å². The van der Waals surface area contributed by atoms with E-state index in [2.05, 4.69) is 0 Å². The van der Waals surface area contributed by atoms with E-state index >= 15 is 0 Å². The molecular weight excluding hydrogens is 156 g/mol. The van der Waals surface area contributed by atoms with Crippen molar-refractivity contribution in [1.82, 2.24) is 4.57 Å². The Bertz CT molecular complexity index is 197. The number of rotatable bonds is 1. The highest BCUT2D eigenvalue weighted by Gasteiger charge is 2.10. The molecule has 0 N–H and O–H groups in total. The first-order chi connectivity index (χ1) is 4.22. The quantitative estimate of drug-likeness (QED) is 0.546. The standard InChI is InChI=1S/C5H6BCl2N/c1-9-4-2-3-5(9)6(7)8/h2-4H,1H3. The van der Waals surface area contributed by atoms with E-state index < -0.39 is 5.54 Å². The first-order valence-electron chi connectivity index (χ1n) is 2.61. The van der Waals surface area contributed by atoms with Gasteiger partial charge in [0.25, 0.3) is 0 Å². The molecule has 4 heteroatoms.